The summed E-state index contributed by atoms with van der Waals surface area (Å²) in [7, 11) is 0. The van der Waals surface area contributed by atoms with Crippen LogP contribution in [0.15, 0.2) is 48.8 Å². The lowest BCUT2D eigenvalue weighted by Crippen LogP contribution is -2.42. The van der Waals surface area contributed by atoms with Gasteiger partial charge in [-0.3, -0.25) is 9.78 Å². The number of piperidine rings is 1. The number of rotatable bonds is 4. The predicted octanol–water partition coefficient (Wildman–Crippen LogP) is 2.67. The van der Waals surface area contributed by atoms with E-state index in [4.69, 9.17) is 14.7 Å². The van der Waals surface area contributed by atoms with E-state index in [-0.39, 0.29) is 5.91 Å². The van der Waals surface area contributed by atoms with Crippen LogP contribution in [-0.4, -0.2) is 82.9 Å². The molecule has 1 unspecified atom stereocenters. The number of anilines is 3. The molecule has 0 radical (unpaired) electrons. The van der Waals surface area contributed by atoms with Crippen molar-refractivity contribution in [3.63, 3.8) is 0 Å². The fraction of sp³-hybridized carbons (Fsp3) is 0.407. The molecule has 2 aromatic heterocycles. The fourth-order valence-electron chi connectivity index (χ4n) is 5.27. The zero-order chi connectivity index (χ0) is 24.5. The highest BCUT2D eigenvalue weighted by Crippen LogP contribution is 2.39. The van der Waals surface area contributed by atoms with E-state index in [9.17, 15) is 9.90 Å². The lowest BCUT2D eigenvalue weighted by atomic mass is 10.0. The molecule has 9 heteroatoms. The molecule has 1 atom stereocenters. The first-order valence-corrected chi connectivity index (χ1v) is 12.7. The molecule has 36 heavy (non-hydrogen) atoms. The first-order chi connectivity index (χ1) is 17.7. The number of aliphatic hydroxyl groups excluding tert-OH is 1. The molecule has 3 aliphatic heterocycles. The molecule has 2 saturated heterocycles. The van der Waals surface area contributed by atoms with Crippen molar-refractivity contribution in [2.24, 2.45) is 0 Å². The maximum absolute atomic E-state index is 13.3. The minimum Gasteiger partial charge on any atom is -0.391 e. The van der Waals surface area contributed by atoms with Crippen LogP contribution in [0.1, 0.15) is 28.8 Å². The number of amides is 1. The Morgan fingerprint density at radius 3 is 2.75 bits per heavy atom. The highest BCUT2D eigenvalue weighted by atomic mass is 16.5. The van der Waals surface area contributed by atoms with E-state index >= 15 is 0 Å². The third kappa shape index (κ3) is 4.40. The van der Waals surface area contributed by atoms with Crippen molar-refractivity contribution >= 4 is 23.4 Å². The number of morpholine rings is 1. The van der Waals surface area contributed by atoms with Gasteiger partial charge in [0.15, 0.2) is 0 Å². The summed E-state index contributed by atoms with van der Waals surface area (Å²) in [5.41, 5.74) is 4.46. The monoisotopic (exact) mass is 486 g/mol. The van der Waals surface area contributed by atoms with E-state index in [1.807, 2.05) is 42.6 Å². The molecule has 6 rings (SSSR count). The topological polar surface area (TPSA) is 94.9 Å². The quantitative estimate of drug-likeness (QED) is 0.602. The van der Waals surface area contributed by atoms with E-state index in [2.05, 4.69) is 14.8 Å². The maximum atomic E-state index is 13.3. The molecule has 0 saturated carbocycles. The highest BCUT2D eigenvalue weighted by molar-refractivity contribution is 5.95. The zero-order valence-corrected chi connectivity index (χ0v) is 20.2. The van der Waals surface area contributed by atoms with Crippen LogP contribution in [0.5, 0.6) is 0 Å². The van der Waals surface area contributed by atoms with Crippen molar-refractivity contribution in [1.29, 1.82) is 0 Å². The number of likely N-dealkylation sites (tertiary alicyclic amines) is 1. The molecule has 1 N–H and O–H groups in total. The number of aliphatic hydroxyl groups is 1. The Bertz CT molecular complexity index is 1250. The molecular weight excluding hydrogens is 456 g/mol. The second-order valence-corrected chi connectivity index (χ2v) is 9.51. The Hall–Kier alpha value is -3.56. The van der Waals surface area contributed by atoms with Gasteiger partial charge in [0.05, 0.1) is 36.9 Å². The molecule has 2 fully saturated rings. The molecule has 9 nitrogen and oxygen atoms in total. The minimum atomic E-state index is -0.453. The minimum absolute atomic E-state index is 0.0494. The van der Waals surface area contributed by atoms with Gasteiger partial charge in [-0.15, -0.1) is 0 Å². The zero-order valence-electron chi connectivity index (χ0n) is 20.2. The number of benzene rings is 1. The predicted molar refractivity (Wildman–Crippen MR) is 137 cm³/mol. The van der Waals surface area contributed by atoms with E-state index < -0.39 is 6.10 Å². The molecule has 0 bridgehead atoms. The Balaban J connectivity index is 1.41. The van der Waals surface area contributed by atoms with Gasteiger partial charge >= 0.3 is 0 Å². The molecule has 3 aliphatic rings. The molecule has 3 aromatic rings. The Morgan fingerprint density at radius 1 is 1.06 bits per heavy atom. The number of fused-ring (bicyclic) bond motifs is 1. The average Bonchev–Trinajstić information content (AvgIpc) is 3.37. The van der Waals surface area contributed by atoms with Crippen LogP contribution in [0.2, 0.25) is 0 Å². The van der Waals surface area contributed by atoms with E-state index in [1.165, 1.54) is 0 Å². The van der Waals surface area contributed by atoms with Gasteiger partial charge in [0, 0.05) is 55.6 Å². The smallest absolute Gasteiger partial charge is 0.253 e. The molecule has 0 spiro atoms. The van der Waals surface area contributed by atoms with E-state index in [1.54, 1.807) is 11.1 Å². The van der Waals surface area contributed by atoms with E-state index in [0.717, 1.165) is 67.2 Å². The van der Waals surface area contributed by atoms with Gasteiger partial charge in [-0.2, -0.15) is 4.98 Å². The molecule has 5 heterocycles. The first kappa shape index (κ1) is 22.9. The molecule has 186 valence electrons. The Labute approximate surface area is 210 Å². The van der Waals surface area contributed by atoms with E-state index in [0.29, 0.717) is 37.8 Å². The molecule has 0 aliphatic carbocycles. The number of β-amino-alcohol motifs (C(OH)–C–C–N with tert-alkyl or cyclic N) is 1. The van der Waals surface area contributed by atoms with Gasteiger partial charge in [0.1, 0.15) is 5.82 Å². The SMILES string of the molecule is O=C(c1cccc(-c2nc(N3CCOCC3)nc3c2CCN3c2cccnc2)c1)N1CCCC(O)C1. The summed E-state index contributed by atoms with van der Waals surface area (Å²) in [5.74, 6) is 1.52. The maximum Gasteiger partial charge on any atom is 0.253 e. The van der Waals surface area contributed by atoms with Crippen molar-refractivity contribution in [3.8, 4) is 11.3 Å². The van der Waals surface area contributed by atoms with Gasteiger partial charge in [-0.1, -0.05) is 12.1 Å². The number of nitrogens with zero attached hydrogens (tertiary/aromatic N) is 6. The summed E-state index contributed by atoms with van der Waals surface area (Å²) in [6.07, 6.45) is 5.55. The van der Waals surface area contributed by atoms with Crippen LogP contribution >= 0.6 is 0 Å². The second-order valence-electron chi connectivity index (χ2n) is 9.51. The summed E-state index contributed by atoms with van der Waals surface area (Å²) in [4.78, 5) is 33.7. The Morgan fingerprint density at radius 2 is 1.94 bits per heavy atom. The largest absolute Gasteiger partial charge is 0.391 e. The number of ether oxygens (including phenoxy) is 1. The molecular formula is C27H30N6O3. The average molecular weight is 487 g/mol. The van der Waals surface area contributed by atoms with Gasteiger partial charge in [-0.05, 0) is 43.5 Å². The van der Waals surface area contributed by atoms with Crippen molar-refractivity contribution in [3.05, 3.63) is 59.9 Å². The lowest BCUT2D eigenvalue weighted by molar-refractivity contribution is 0.0474. The van der Waals surface area contributed by atoms with Crippen molar-refractivity contribution < 1.29 is 14.6 Å². The Kier molecular flexibility index (Phi) is 6.25. The van der Waals surface area contributed by atoms with Crippen LogP contribution in [-0.2, 0) is 11.2 Å². The summed E-state index contributed by atoms with van der Waals surface area (Å²) in [5, 5.41) is 10.1. The third-order valence-electron chi connectivity index (χ3n) is 7.13. The highest BCUT2D eigenvalue weighted by Gasteiger charge is 2.30. The van der Waals surface area contributed by atoms with Crippen molar-refractivity contribution in [1.82, 2.24) is 19.9 Å². The van der Waals surface area contributed by atoms with Crippen LogP contribution in [0.25, 0.3) is 11.3 Å². The summed E-state index contributed by atoms with van der Waals surface area (Å²) in [6, 6.07) is 11.7. The number of carbonyl (C=O) groups excluding carboxylic acids is 1. The first-order valence-electron chi connectivity index (χ1n) is 12.7. The molecule has 1 aromatic carbocycles. The number of hydrogen-bond acceptors (Lipinski definition) is 8. The summed E-state index contributed by atoms with van der Waals surface area (Å²) < 4.78 is 5.55. The van der Waals surface area contributed by atoms with Gasteiger partial charge in [0.2, 0.25) is 5.95 Å². The second kappa shape index (κ2) is 9.83. The number of hydrogen-bond donors (Lipinski definition) is 1. The van der Waals surface area contributed by atoms with Crippen LogP contribution in [0, 0.1) is 0 Å². The number of pyridine rings is 1. The van der Waals surface area contributed by atoms with Crippen LogP contribution in [0.3, 0.4) is 0 Å². The normalized spacial score (nSPS) is 19.9. The van der Waals surface area contributed by atoms with Gasteiger partial charge in [-0.25, -0.2) is 4.98 Å². The lowest BCUT2D eigenvalue weighted by Gasteiger charge is -2.30. The third-order valence-corrected chi connectivity index (χ3v) is 7.13. The summed E-state index contributed by atoms with van der Waals surface area (Å²) in [6.45, 7) is 4.61. The number of carbonyl (C=O) groups is 1. The summed E-state index contributed by atoms with van der Waals surface area (Å²) >= 11 is 0. The molecule has 1 amide bonds. The van der Waals surface area contributed by atoms with Gasteiger partial charge in [0.25, 0.3) is 5.91 Å². The van der Waals surface area contributed by atoms with Gasteiger partial charge < -0.3 is 24.5 Å². The fourth-order valence-corrected chi connectivity index (χ4v) is 5.27. The van der Waals surface area contributed by atoms with Crippen LogP contribution < -0.4 is 9.80 Å². The standard InChI is InChI=1S/C27H30N6O3/c34-22-7-3-10-32(18-22)26(35)20-5-1-4-19(16-20)24-23-8-11-33(21-6-2-9-28-17-21)25(23)30-27(29-24)31-12-14-36-15-13-31/h1-2,4-6,9,16-17,22,34H,3,7-8,10-15,18H2. The van der Waals surface area contributed by atoms with Crippen molar-refractivity contribution in [2.45, 2.75) is 25.4 Å². The number of aromatic nitrogens is 3. The van der Waals surface area contributed by atoms with Crippen LogP contribution in [0.4, 0.5) is 17.5 Å². The van der Waals surface area contributed by atoms with Crippen molar-refractivity contribution in [2.75, 3.05) is 55.7 Å².